The minimum Gasteiger partial charge on any atom is -0.298 e. The molecule has 0 aromatic heterocycles. The van der Waals surface area contributed by atoms with Gasteiger partial charge in [-0.2, -0.15) is 0 Å². The molecule has 2 heterocycles. The van der Waals surface area contributed by atoms with Crippen LogP contribution in [0, 0.1) is 11.8 Å². The largest absolute Gasteiger partial charge is 0.298 e. The van der Waals surface area contributed by atoms with Crippen molar-refractivity contribution in [2.75, 3.05) is 26.2 Å². The van der Waals surface area contributed by atoms with E-state index in [9.17, 15) is 0 Å². The van der Waals surface area contributed by atoms with Gasteiger partial charge in [-0.1, -0.05) is 6.42 Å². The van der Waals surface area contributed by atoms with Crippen LogP contribution in [0.1, 0.15) is 38.5 Å². The molecule has 0 amide bonds. The number of fused-ring (bicyclic) bond motifs is 3. The van der Waals surface area contributed by atoms with Gasteiger partial charge in [-0.15, -0.1) is 0 Å². The zero-order valence-electron chi connectivity index (χ0n) is 10.3. The molecule has 2 aliphatic heterocycles. The lowest BCUT2D eigenvalue weighted by Gasteiger charge is -2.56. The predicted octanol–water partition coefficient (Wildman–Crippen LogP) is 1.96. The van der Waals surface area contributed by atoms with E-state index in [2.05, 4.69) is 9.80 Å². The van der Waals surface area contributed by atoms with E-state index in [4.69, 9.17) is 0 Å². The van der Waals surface area contributed by atoms with Gasteiger partial charge in [0.25, 0.3) is 0 Å². The van der Waals surface area contributed by atoms with Gasteiger partial charge in [0, 0.05) is 31.7 Å². The normalized spacial score (nSPS) is 48.8. The second kappa shape index (κ2) is 3.71. The molecular formula is C14H24N2. The second-order valence-electron chi connectivity index (χ2n) is 6.50. The molecule has 0 spiro atoms. The van der Waals surface area contributed by atoms with E-state index in [0.29, 0.717) is 0 Å². The lowest BCUT2D eigenvalue weighted by Crippen LogP contribution is -2.62. The van der Waals surface area contributed by atoms with Crippen molar-refractivity contribution in [1.82, 2.24) is 9.80 Å². The van der Waals surface area contributed by atoms with Crippen molar-refractivity contribution in [1.29, 1.82) is 0 Å². The molecule has 2 heteroatoms. The third kappa shape index (κ3) is 1.39. The molecule has 16 heavy (non-hydrogen) atoms. The molecule has 3 saturated carbocycles. The SMILES string of the molecule is C1CC2C[C@H](C1)C2N1CCN2CCCC2C1. The fraction of sp³-hybridized carbons (Fsp3) is 1.00. The fourth-order valence-electron chi connectivity index (χ4n) is 4.96. The molecule has 0 aromatic rings. The zero-order valence-corrected chi connectivity index (χ0v) is 10.3. The van der Waals surface area contributed by atoms with Crippen LogP contribution in [0.15, 0.2) is 0 Å². The summed E-state index contributed by atoms with van der Waals surface area (Å²) in [6, 6.07) is 1.94. The van der Waals surface area contributed by atoms with Gasteiger partial charge in [0.05, 0.1) is 0 Å². The first-order chi connectivity index (χ1) is 7.92. The molecule has 5 fully saturated rings. The van der Waals surface area contributed by atoms with E-state index in [1.54, 1.807) is 6.42 Å². The zero-order chi connectivity index (χ0) is 10.5. The van der Waals surface area contributed by atoms with Crippen molar-refractivity contribution in [2.45, 2.75) is 50.6 Å². The maximum absolute atomic E-state index is 2.88. The van der Waals surface area contributed by atoms with Gasteiger partial charge in [-0.05, 0) is 50.5 Å². The average Bonchev–Trinajstić information content (AvgIpc) is 2.77. The Hall–Kier alpha value is -0.0800. The van der Waals surface area contributed by atoms with Crippen molar-refractivity contribution in [3.05, 3.63) is 0 Å². The van der Waals surface area contributed by atoms with Gasteiger partial charge in [0.15, 0.2) is 0 Å². The summed E-state index contributed by atoms with van der Waals surface area (Å²) in [4.78, 5) is 5.62. The highest BCUT2D eigenvalue weighted by Gasteiger charge is 2.48. The Bertz CT molecular complexity index is 264. The van der Waals surface area contributed by atoms with Crippen LogP contribution in [-0.4, -0.2) is 48.1 Å². The van der Waals surface area contributed by atoms with Crippen LogP contribution >= 0.6 is 0 Å². The quantitative estimate of drug-likeness (QED) is 0.666. The standard InChI is InChI=1S/C14H24N2/c1-3-11-9-12(4-1)14(11)16-8-7-15-6-2-5-13(15)10-16/h11-14H,1-10H2/t11-,12?,13?,14?/m0/s1. The Morgan fingerprint density at radius 2 is 1.56 bits per heavy atom. The highest BCUT2D eigenvalue weighted by atomic mass is 15.3. The van der Waals surface area contributed by atoms with Gasteiger partial charge >= 0.3 is 0 Å². The van der Waals surface area contributed by atoms with Gasteiger partial charge in [-0.3, -0.25) is 9.80 Å². The highest BCUT2D eigenvalue weighted by molar-refractivity contribution is 5.02. The van der Waals surface area contributed by atoms with Crippen LogP contribution in [0.2, 0.25) is 0 Å². The van der Waals surface area contributed by atoms with E-state index in [1.807, 2.05) is 0 Å². The van der Waals surface area contributed by atoms with Crippen molar-refractivity contribution >= 4 is 0 Å². The maximum atomic E-state index is 2.88. The molecule has 90 valence electrons. The monoisotopic (exact) mass is 220 g/mol. The van der Waals surface area contributed by atoms with E-state index >= 15 is 0 Å². The van der Waals surface area contributed by atoms with E-state index < -0.39 is 0 Å². The third-order valence-corrected chi connectivity index (χ3v) is 5.76. The van der Waals surface area contributed by atoms with Gasteiger partial charge in [0.2, 0.25) is 0 Å². The number of hydrogen-bond donors (Lipinski definition) is 0. The van der Waals surface area contributed by atoms with E-state index in [0.717, 1.165) is 23.9 Å². The van der Waals surface area contributed by atoms with Crippen LogP contribution in [0.5, 0.6) is 0 Å². The Morgan fingerprint density at radius 1 is 0.750 bits per heavy atom. The van der Waals surface area contributed by atoms with Crippen LogP contribution in [0.4, 0.5) is 0 Å². The van der Waals surface area contributed by atoms with E-state index in [-0.39, 0.29) is 0 Å². The summed E-state index contributed by atoms with van der Waals surface area (Å²) in [5.74, 6) is 2.18. The van der Waals surface area contributed by atoms with Crippen LogP contribution in [0.25, 0.3) is 0 Å². The molecule has 0 aromatic carbocycles. The van der Waals surface area contributed by atoms with Crippen molar-refractivity contribution in [3.8, 4) is 0 Å². The number of hydrogen-bond acceptors (Lipinski definition) is 2. The first kappa shape index (κ1) is 9.90. The van der Waals surface area contributed by atoms with Crippen molar-refractivity contribution in [2.24, 2.45) is 11.8 Å². The average molecular weight is 220 g/mol. The summed E-state index contributed by atoms with van der Waals surface area (Å²) < 4.78 is 0. The number of rotatable bonds is 1. The molecule has 2 nitrogen and oxygen atoms in total. The molecule has 2 bridgehead atoms. The summed E-state index contributed by atoms with van der Waals surface area (Å²) in [6.07, 6.45) is 9.08. The first-order valence-electron chi connectivity index (χ1n) is 7.40. The molecule has 4 atom stereocenters. The van der Waals surface area contributed by atoms with Crippen LogP contribution in [-0.2, 0) is 0 Å². The van der Waals surface area contributed by atoms with Gasteiger partial charge in [0.1, 0.15) is 0 Å². The van der Waals surface area contributed by atoms with Crippen molar-refractivity contribution < 1.29 is 0 Å². The second-order valence-corrected chi connectivity index (χ2v) is 6.50. The minimum atomic E-state index is 0.926. The van der Waals surface area contributed by atoms with Crippen LogP contribution in [0.3, 0.4) is 0 Å². The maximum Gasteiger partial charge on any atom is 0.0224 e. The fourth-order valence-corrected chi connectivity index (χ4v) is 4.96. The minimum absolute atomic E-state index is 0.926. The smallest absolute Gasteiger partial charge is 0.0224 e. The molecular weight excluding hydrogens is 196 g/mol. The van der Waals surface area contributed by atoms with Crippen LogP contribution < -0.4 is 0 Å². The van der Waals surface area contributed by atoms with Crippen molar-refractivity contribution in [3.63, 3.8) is 0 Å². The van der Waals surface area contributed by atoms with Gasteiger partial charge in [-0.25, -0.2) is 0 Å². The third-order valence-electron chi connectivity index (χ3n) is 5.76. The van der Waals surface area contributed by atoms with Gasteiger partial charge < -0.3 is 0 Å². The molecule has 5 rings (SSSR count). The highest BCUT2D eigenvalue weighted by Crippen LogP contribution is 2.49. The molecule has 5 aliphatic rings. The molecule has 0 radical (unpaired) electrons. The molecule has 3 aliphatic carbocycles. The summed E-state index contributed by atoms with van der Waals surface area (Å²) in [5.41, 5.74) is 0. The number of piperazine rings is 1. The summed E-state index contributed by atoms with van der Waals surface area (Å²) in [6.45, 7) is 5.52. The molecule has 3 unspecified atom stereocenters. The molecule has 2 saturated heterocycles. The number of nitrogens with zero attached hydrogens (tertiary/aromatic N) is 2. The predicted molar refractivity (Wildman–Crippen MR) is 65.4 cm³/mol. The van der Waals surface area contributed by atoms with E-state index in [1.165, 1.54) is 58.3 Å². The topological polar surface area (TPSA) is 6.48 Å². The lowest BCUT2D eigenvalue weighted by atomic mass is 9.60. The Kier molecular flexibility index (Phi) is 2.29. The summed E-state index contributed by atoms with van der Waals surface area (Å²) in [5, 5.41) is 0. The Morgan fingerprint density at radius 3 is 2.38 bits per heavy atom. The summed E-state index contributed by atoms with van der Waals surface area (Å²) in [7, 11) is 0. The lowest BCUT2D eigenvalue weighted by molar-refractivity contribution is -0.0643. The Labute approximate surface area is 99.0 Å². The Balaban J connectivity index is 1.45. The first-order valence-corrected chi connectivity index (χ1v) is 7.40. The molecule has 0 N–H and O–H groups in total. The summed E-state index contributed by atoms with van der Waals surface area (Å²) >= 11 is 0.